The van der Waals surface area contributed by atoms with Crippen LogP contribution in [0.2, 0.25) is 0 Å². The van der Waals surface area contributed by atoms with E-state index in [2.05, 4.69) is 49.0 Å². The molecular weight excluding hydrogens is 475 g/mol. The predicted molar refractivity (Wildman–Crippen MR) is 128 cm³/mol. The van der Waals surface area contributed by atoms with Gasteiger partial charge in [0.25, 0.3) is 0 Å². The molecule has 0 saturated carbocycles. The molecule has 1 aliphatic rings. The van der Waals surface area contributed by atoms with Crippen LogP contribution < -0.4 is 10.2 Å². The highest BCUT2D eigenvalue weighted by Gasteiger charge is 2.42. The SMILES string of the molecule is Fc1ccc(N2C(=S)NC(c3ccccn3)C2c2cccn2-c2ccc(Br)cc2)cc1. The van der Waals surface area contributed by atoms with Crippen LogP contribution in [0.3, 0.4) is 0 Å². The Hall–Kier alpha value is -3.03. The van der Waals surface area contributed by atoms with Gasteiger partial charge in [-0.15, -0.1) is 0 Å². The number of nitrogens with one attached hydrogen (secondary N) is 1. The fraction of sp³-hybridized carbons (Fsp3) is 0.0833. The van der Waals surface area contributed by atoms with E-state index in [1.54, 1.807) is 18.3 Å². The molecule has 1 aliphatic heterocycles. The van der Waals surface area contributed by atoms with E-state index >= 15 is 0 Å². The van der Waals surface area contributed by atoms with Crippen LogP contribution in [0, 0.1) is 5.82 Å². The highest BCUT2D eigenvalue weighted by atomic mass is 79.9. The smallest absolute Gasteiger partial charge is 0.174 e. The summed E-state index contributed by atoms with van der Waals surface area (Å²) in [6.07, 6.45) is 3.82. The van der Waals surface area contributed by atoms with E-state index in [-0.39, 0.29) is 17.9 Å². The molecule has 0 radical (unpaired) electrons. The van der Waals surface area contributed by atoms with Crippen LogP contribution in [0.5, 0.6) is 0 Å². The minimum atomic E-state index is -0.280. The molecular formula is C24H18BrFN4S. The van der Waals surface area contributed by atoms with Crippen LogP contribution in [-0.2, 0) is 0 Å². The van der Waals surface area contributed by atoms with E-state index in [9.17, 15) is 4.39 Å². The number of halogens is 2. The normalized spacial score (nSPS) is 18.3. The van der Waals surface area contributed by atoms with E-state index in [0.717, 1.165) is 27.2 Å². The molecule has 2 aromatic heterocycles. The summed E-state index contributed by atoms with van der Waals surface area (Å²) in [6, 6.07) is 24.2. The van der Waals surface area contributed by atoms with Crippen LogP contribution in [0.25, 0.3) is 5.69 Å². The van der Waals surface area contributed by atoms with E-state index < -0.39 is 0 Å². The van der Waals surface area contributed by atoms with Gasteiger partial charge in [-0.1, -0.05) is 22.0 Å². The van der Waals surface area contributed by atoms with E-state index in [1.807, 2.05) is 47.5 Å². The Morgan fingerprint density at radius 1 is 0.903 bits per heavy atom. The molecule has 0 amide bonds. The molecule has 2 unspecified atom stereocenters. The Labute approximate surface area is 193 Å². The lowest BCUT2D eigenvalue weighted by Crippen LogP contribution is -2.30. The second kappa shape index (κ2) is 8.24. The first-order valence-electron chi connectivity index (χ1n) is 9.81. The number of hydrogen-bond donors (Lipinski definition) is 1. The van der Waals surface area contributed by atoms with Crippen molar-refractivity contribution in [1.82, 2.24) is 14.9 Å². The Kier molecular flexibility index (Phi) is 5.29. The molecule has 0 spiro atoms. The van der Waals surface area contributed by atoms with E-state index in [1.165, 1.54) is 12.1 Å². The van der Waals surface area contributed by atoms with Gasteiger partial charge in [0.15, 0.2) is 5.11 Å². The molecule has 31 heavy (non-hydrogen) atoms. The van der Waals surface area contributed by atoms with Crippen molar-refractivity contribution in [2.75, 3.05) is 4.90 Å². The number of anilines is 1. The fourth-order valence-electron chi connectivity index (χ4n) is 4.01. The average molecular weight is 493 g/mol. The Balaban J connectivity index is 1.66. The Morgan fingerprint density at radius 3 is 2.35 bits per heavy atom. The maximum absolute atomic E-state index is 13.6. The molecule has 1 N–H and O–H groups in total. The Morgan fingerprint density at radius 2 is 1.65 bits per heavy atom. The average Bonchev–Trinajstić information content (AvgIpc) is 3.40. The van der Waals surface area contributed by atoms with Gasteiger partial charge in [-0.2, -0.15) is 0 Å². The molecule has 154 valence electrons. The zero-order valence-corrected chi connectivity index (χ0v) is 18.7. The second-order valence-electron chi connectivity index (χ2n) is 7.25. The van der Waals surface area contributed by atoms with Gasteiger partial charge in [0, 0.05) is 33.9 Å². The number of rotatable bonds is 4. The van der Waals surface area contributed by atoms with Crippen LogP contribution in [0.4, 0.5) is 10.1 Å². The van der Waals surface area contributed by atoms with Crippen LogP contribution in [-0.4, -0.2) is 14.7 Å². The van der Waals surface area contributed by atoms with Gasteiger partial charge in [-0.3, -0.25) is 4.98 Å². The van der Waals surface area contributed by atoms with Crippen molar-refractivity contribution in [3.63, 3.8) is 0 Å². The van der Waals surface area contributed by atoms with Crippen LogP contribution in [0.1, 0.15) is 23.5 Å². The van der Waals surface area contributed by atoms with Gasteiger partial charge in [-0.05, 0) is 85.0 Å². The number of hydrogen-bond acceptors (Lipinski definition) is 2. The third-order valence-electron chi connectivity index (χ3n) is 5.39. The van der Waals surface area contributed by atoms with Crippen molar-refractivity contribution in [2.45, 2.75) is 12.1 Å². The quantitative estimate of drug-likeness (QED) is 0.356. The summed E-state index contributed by atoms with van der Waals surface area (Å²) < 4.78 is 16.8. The highest BCUT2D eigenvalue weighted by Crippen LogP contribution is 2.42. The molecule has 5 rings (SSSR count). The molecule has 2 aromatic carbocycles. The first kappa shape index (κ1) is 19.9. The van der Waals surface area contributed by atoms with Crippen molar-refractivity contribution in [3.05, 3.63) is 113 Å². The largest absolute Gasteiger partial charge is 0.351 e. The van der Waals surface area contributed by atoms with Gasteiger partial charge in [-0.25, -0.2) is 4.39 Å². The molecule has 0 bridgehead atoms. The highest BCUT2D eigenvalue weighted by molar-refractivity contribution is 9.10. The van der Waals surface area contributed by atoms with Crippen molar-refractivity contribution in [1.29, 1.82) is 0 Å². The molecule has 2 atom stereocenters. The monoisotopic (exact) mass is 492 g/mol. The number of pyridine rings is 1. The van der Waals surface area contributed by atoms with Gasteiger partial charge in [0.1, 0.15) is 11.9 Å². The lowest BCUT2D eigenvalue weighted by atomic mass is 10.0. The number of thiocarbonyl (C=S) groups is 1. The molecule has 4 nitrogen and oxygen atoms in total. The standard InChI is InChI=1S/C24H18BrFN4S/c25-16-6-10-18(11-7-16)29-15-3-5-21(29)23-22(20-4-1-2-14-27-20)28-24(31)30(23)19-12-8-17(26)9-13-19/h1-15,22-23H,(H,28,31). The van der Waals surface area contributed by atoms with Crippen molar-refractivity contribution >= 4 is 38.9 Å². The third-order valence-corrected chi connectivity index (χ3v) is 6.23. The van der Waals surface area contributed by atoms with Gasteiger partial charge in [0.05, 0.1) is 11.7 Å². The molecule has 3 heterocycles. The lowest BCUT2D eigenvalue weighted by molar-refractivity contribution is 0.549. The summed E-state index contributed by atoms with van der Waals surface area (Å²) in [6.45, 7) is 0. The summed E-state index contributed by atoms with van der Waals surface area (Å²) in [7, 11) is 0. The summed E-state index contributed by atoms with van der Waals surface area (Å²) in [5.74, 6) is -0.280. The summed E-state index contributed by atoms with van der Waals surface area (Å²) >= 11 is 9.24. The van der Waals surface area contributed by atoms with E-state index in [0.29, 0.717) is 5.11 Å². The Bertz CT molecular complexity index is 1210. The maximum Gasteiger partial charge on any atom is 0.174 e. The number of nitrogens with zero attached hydrogens (tertiary/aromatic N) is 3. The second-order valence-corrected chi connectivity index (χ2v) is 8.55. The molecule has 0 aliphatic carbocycles. The summed E-state index contributed by atoms with van der Waals surface area (Å²) in [5, 5.41) is 4.02. The first-order valence-corrected chi connectivity index (χ1v) is 11.0. The summed E-state index contributed by atoms with van der Waals surface area (Å²) in [4.78, 5) is 6.63. The maximum atomic E-state index is 13.6. The third kappa shape index (κ3) is 3.75. The molecule has 4 aromatic rings. The fourth-order valence-corrected chi connectivity index (χ4v) is 4.62. The lowest BCUT2D eigenvalue weighted by Gasteiger charge is -2.29. The minimum Gasteiger partial charge on any atom is -0.351 e. The van der Waals surface area contributed by atoms with E-state index in [4.69, 9.17) is 12.2 Å². The van der Waals surface area contributed by atoms with Crippen molar-refractivity contribution < 1.29 is 4.39 Å². The molecule has 7 heteroatoms. The molecule has 1 saturated heterocycles. The number of aromatic nitrogens is 2. The zero-order chi connectivity index (χ0) is 21.4. The van der Waals surface area contributed by atoms with Crippen LogP contribution >= 0.6 is 28.1 Å². The zero-order valence-electron chi connectivity index (χ0n) is 16.3. The van der Waals surface area contributed by atoms with Gasteiger partial charge >= 0.3 is 0 Å². The first-order chi connectivity index (χ1) is 15.1. The van der Waals surface area contributed by atoms with Gasteiger partial charge < -0.3 is 14.8 Å². The summed E-state index contributed by atoms with van der Waals surface area (Å²) in [5.41, 5.74) is 3.81. The van der Waals surface area contributed by atoms with Gasteiger partial charge in [0.2, 0.25) is 0 Å². The molecule has 1 fully saturated rings. The van der Waals surface area contributed by atoms with Crippen molar-refractivity contribution in [2.24, 2.45) is 0 Å². The predicted octanol–water partition coefficient (Wildman–Crippen LogP) is 5.95. The number of benzene rings is 2. The van der Waals surface area contributed by atoms with Crippen molar-refractivity contribution in [3.8, 4) is 5.69 Å². The topological polar surface area (TPSA) is 33.1 Å². The van der Waals surface area contributed by atoms with Crippen LogP contribution in [0.15, 0.2) is 95.7 Å². The minimum absolute atomic E-state index is 0.164.